The number of thiophene rings is 1. The Bertz CT molecular complexity index is 931. The topological polar surface area (TPSA) is 59.3 Å². The number of aromatic nitrogens is 2. The summed E-state index contributed by atoms with van der Waals surface area (Å²) in [5.74, 6) is 0.554. The number of carbonyl (C=O) groups excluding carboxylic acids is 1. The Morgan fingerprint density at radius 3 is 2.69 bits per heavy atom. The normalized spacial score (nSPS) is 11.6. The maximum Gasteiger partial charge on any atom is 0.271 e. The van der Waals surface area contributed by atoms with Gasteiger partial charge in [-0.1, -0.05) is 35.5 Å². The monoisotopic (exact) mass is 404 g/mol. The van der Waals surface area contributed by atoms with Crippen LogP contribution in [0.5, 0.6) is 0 Å². The Balaban J connectivity index is 1.57. The molecule has 134 valence electrons. The number of imidazole rings is 1. The Labute approximate surface area is 165 Å². The molecule has 0 spiro atoms. The van der Waals surface area contributed by atoms with Crippen molar-refractivity contribution in [3.8, 4) is 0 Å². The summed E-state index contributed by atoms with van der Waals surface area (Å²) < 4.78 is 2.67. The quantitative estimate of drug-likeness (QED) is 0.371. The molecule has 0 fully saturated rings. The number of nitrogens with zero attached hydrogens (tertiary/aromatic N) is 3. The molecule has 1 aromatic carbocycles. The lowest BCUT2D eigenvalue weighted by Crippen LogP contribution is -2.19. The molecule has 1 amide bonds. The number of hydrogen-bond donors (Lipinski definition) is 1. The molecule has 3 rings (SSSR count). The van der Waals surface area contributed by atoms with E-state index in [2.05, 4.69) is 15.5 Å². The smallest absolute Gasteiger partial charge is 0.271 e. The van der Waals surface area contributed by atoms with Gasteiger partial charge in [0.25, 0.3) is 5.91 Å². The minimum absolute atomic E-state index is 0.240. The summed E-state index contributed by atoms with van der Waals surface area (Å²) in [4.78, 5) is 17.4. The lowest BCUT2D eigenvalue weighted by atomic mass is 10.1. The van der Waals surface area contributed by atoms with Gasteiger partial charge >= 0.3 is 0 Å². The van der Waals surface area contributed by atoms with E-state index in [1.807, 2.05) is 49.0 Å². The summed E-state index contributed by atoms with van der Waals surface area (Å²) in [5.41, 5.74) is 5.00. The van der Waals surface area contributed by atoms with Crippen LogP contribution >= 0.6 is 34.7 Å². The Hall–Kier alpha value is -2.09. The average Bonchev–Trinajstić information content (AvgIpc) is 3.26. The number of halogens is 1. The van der Waals surface area contributed by atoms with E-state index in [9.17, 15) is 4.79 Å². The summed E-state index contributed by atoms with van der Waals surface area (Å²) in [5, 5.41) is 5.10. The van der Waals surface area contributed by atoms with Crippen molar-refractivity contribution in [1.82, 2.24) is 15.0 Å². The fourth-order valence-electron chi connectivity index (χ4n) is 2.15. The minimum atomic E-state index is -0.240. The van der Waals surface area contributed by atoms with Crippen molar-refractivity contribution in [3.63, 3.8) is 0 Å². The number of aryl methyl sites for hydroxylation is 1. The van der Waals surface area contributed by atoms with Crippen molar-refractivity contribution in [1.29, 1.82) is 0 Å². The molecule has 0 bridgehead atoms. The van der Waals surface area contributed by atoms with Gasteiger partial charge in [0.15, 0.2) is 5.16 Å². The first-order valence-electron chi connectivity index (χ1n) is 7.82. The maximum absolute atomic E-state index is 12.2. The highest BCUT2D eigenvalue weighted by molar-refractivity contribution is 7.98. The number of benzene rings is 1. The van der Waals surface area contributed by atoms with Gasteiger partial charge in [0.05, 0.1) is 14.9 Å². The predicted molar refractivity (Wildman–Crippen MR) is 108 cm³/mol. The summed E-state index contributed by atoms with van der Waals surface area (Å²) >= 11 is 8.99. The Kier molecular flexibility index (Phi) is 6.13. The highest BCUT2D eigenvalue weighted by atomic mass is 35.5. The first-order valence-corrected chi connectivity index (χ1v) is 10.0. The molecule has 26 heavy (non-hydrogen) atoms. The van der Waals surface area contributed by atoms with Gasteiger partial charge in [-0.25, -0.2) is 10.4 Å². The van der Waals surface area contributed by atoms with E-state index in [1.165, 1.54) is 11.3 Å². The largest absolute Gasteiger partial charge is 0.329 e. The standard InChI is InChI=1S/C18H17ClN4OS2/c1-12(15-7-8-16(19)26-15)21-22-17(24)14-5-3-13(4-6-14)11-25-18-20-9-10-23(18)2/h3-10H,11H2,1-2H3,(H,22,24)/b21-12+. The van der Waals surface area contributed by atoms with Crippen LogP contribution in [0.4, 0.5) is 0 Å². The van der Waals surface area contributed by atoms with E-state index in [1.54, 1.807) is 30.1 Å². The third kappa shape index (κ3) is 4.75. The Morgan fingerprint density at radius 1 is 1.31 bits per heavy atom. The second kappa shape index (κ2) is 8.53. The van der Waals surface area contributed by atoms with Gasteiger partial charge in [-0.15, -0.1) is 11.3 Å². The zero-order chi connectivity index (χ0) is 18.5. The van der Waals surface area contributed by atoms with Gasteiger partial charge < -0.3 is 4.57 Å². The van der Waals surface area contributed by atoms with Crippen LogP contribution in [0.2, 0.25) is 4.34 Å². The maximum atomic E-state index is 12.2. The lowest BCUT2D eigenvalue weighted by Gasteiger charge is -2.04. The zero-order valence-electron chi connectivity index (χ0n) is 14.3. The van der Waals surface area contributed by atoms with Gasteiger partial charge in [-0.2, -0.15) is 5.10 Å². The molecular weight excluding hydrogens is 388 g/mol. The third-order valence-electron chi connectivity index (χ3n) is 3.62. The molecule has 0 aliphatic heterocycles. The second-order valence-corrected chi connectivity index (χ2v) is 8.21. The van der Waals surface area contributed by atoms with E-state index in [0.29, 0.717) is 9.90 Å². The molecule has 0 saturated carbocycles. The molecule has 0 aliphatic rings. The number of thioether (sulfide) groups is 1. The zero-order valence-corrected chi connectivity index (χ0v) is 16.7. The molecule has 0 radical (unpaired) electrons. The highest BCUT2D eigenvalue weighted by Gasteiger charge is 2.07. The van der Waals surface area contributed by atoms with Crippen LogP contribution in [0.25, 0.3) is 0 Å². The molecular formula is C18H17ClN4OS2. The molecule has 0 aliphatic carbocycles. The summed E-state index contributed by atoms with van der Waals surface area (Å²) in [6.07, 6.45) is 3.70. The fraction of sp³-hybridized carbons (Fsp3) is 0.167. The van der Waals surface area contributed by atoms with Crippen LogP contribution < -0.4 is 5.43 Å². The van der Waals surface area contributed by atoms with Gasteiger partial charge in [-0.3, -0.25) is 4.79 Å². The minimum Gasteiger partial charge on any atom is -0.329 e. The van der Waals surface area contributed by atoms with Crippen LogP contribution in [0.1, 0.15) is 27.7 Å². The summed E-state index contributed by atoms with van der Waals surface area (Å²) in [6.45, 7) is 1.83. The van der Waals surface area contributed by atoms with Crippen molar-refractivity contribution < 1.29 is 4.79 Å². The molecule has 1 N–H and O–H groups in total. The van der Waals surface area contributed by atoms with Crippen molar-refractivity contribution in [2.75, 3.05) is 0 Å². The second-order valence-electron chi connectivity index (χ2n) is 5.55. The van der Waals surface area contributed by atoms with Gasteiger partial charge in [-0.05, 0) is 36.8 Å². The molecule has 0 saturated heterocycles. The summed E-state index contributed by atoms with van der Waals surface area (Å²) in [6, 6.07) is 11.2. The number of hydrazone groups is 1. The number of hydrogen-bond acceptors (Lipinski definition) is 5. The molecule has 2 aromatic heterocycles. The van der Waals surface area contributed by atoms with Gasteiger partial charge in [0, 0.05) is 30.8 Å². The van der Waals surface area contributed by atoms with Crippen molar-refractivity contribution >= 4 is 46.3 Å². The molecule has 0 unspecified atom stereocenters. The first-order chi connectivity index (χ1) is 12.5. The molecule has 2 heterocycles. The van der Waals surface area contributed by atoms with Crippen molar-refractivity contribution in [3.05, 3.63) is 69.1 Å². The SMILES string of the molecule is C/C(=N\NC(=O)c1ccc(CSc2nccn2C)cc1)c1ccc(Cl)s1. The van der Waals surface area contributed by atoms with Crippen molar-refractivity contribution in [2.24, 2.45) is 12.1 Å². The molecule has 5 nitrogen and oxygen atoms in total. The molecule has 8 heteroatoms. The van der Waals surface area contributed by atoms with E-state index < -0.39 is 0 Å². The predicted octanol–water partition coefficient (Wildman–Crippen LogP) is 4.58. The van der Waals surface area contributed by atoms with Crippen molar-refractivity contribution in [2.45, 2.75) is 17.8 Å². The average molecular weight is 405 g/mol. The van der Waals surface area contributed by atoms with E-state index >= 15 is 0 Å². The lowest BCUT2D eigenvalue weighted by molar-refractivity contribution is 0.0955. The number of carbonyl (C=O) groups is 1. The van der Waals surface area contributed by atoms with Crippen LogP contribution in [0, 0.1) is 0 Å². The third-order valence-corrected chi connectivity index (χ3v) is 6.09. The van der Waals surface area contributed by atoms with Crippen LogP contribution in [0.15, 0.2) is 59.0 Å². The highest BCUT2D eigenvalue weighted by Crippen LogP contribution is 2.22. The van der Waals surface area contributed by atoms with E-state index in [4.69, 9.17) is 11.6 Å². The van der Waals surface area contributed by atoms with Crippen LogP contribution in [-0.4, -0.2) is 21.2 Å². The summed E-state index contributed by atoms with van der Waals surface area (Å²) in [7, 11) is 1.97. The van der Waals surface area contributed by atoms with Crippen LogP contribution in [0.3, 0.4) is 0 Å². The molecule has 3 aromatic rings. The molecule has 0 atom stereocenters. The fourth-order valence-corrected chi connectivity index (χ4v) is 4.03. The van der Waals surface area contributed by atoms with Gasteiger partial charge in [0.2, 0.25) is 0 Å². The number of amides is 1. The van der Waals surface area contributed by atoms with E-state index in [-0.39, 0.29) is 5.91 Å². The van der Waals surface area contributed by atoms with E-state index in [0.717, 1.165) is 27.1 Å². The van der Waals surface area contributed by atoms with Crippen LogP contribution in [-0.2, 0) is 12.8 Å². The number of nitrogens with one attached hydrogen (secondary N) is 1. The Morgan fingerprint density at radius 2 is 2.08 bits per heavy atom. The number of rotatable bonds is 6. The first kappa shape index (κ1) is 18.7. The van der Waals surface area contributed by atoms with Gasteiger partial charge in [0.1, 0.15) is 0 Å².